The Labute approximate surface area is 138 Å². The first-order chi connectivity index (χ1) is 11.5. The maximum Gasteiger partial charge on any atom is 0.220 e. The standard InChI is InChI=1S/C17H20F2N2O3/c1-2-12(22)7-8-20-16(23)5-6-17-21-10-15(24-17)13-4-3-11(18)9-14(13)19/h3-4,9-10,12,22H,2,5-8H2,1H3,(H,20,23). The molecule has 1 unspecified atom stereocenters. The highest BCUT2D eigenvalue weighted by atomic mass is 19.1. The molecule has 0 bridgehead atoms. The number of oxazole rings is 1. The van der Waals surface area contributed by atoms with Crippen molar-refractivity contribution in [2.75, 3.05) is 6.54 Å². The molecule has 5 nitrogen and oxygen atoms in total. The second kappa shape index (κ2) is 8.54. The van der Waals surface area contributed by atoms with E-state index in [0.29, 0.717) is 25.3 Å². The van der Waals surface area contributed by atoms with Crippen LogP contribution in [0.5, 0.6) is 0 Å². The Balaban J connectivity index is 1.84. The maximum absolute atomic E-state index is 13.7. The molecule has 0 saturated carbocycles. The fourth-order valence-corrected chi connectivity index (χ4v) is 2.13. The molecule has 1 amide bonds. The zero-order chi connectivity index (χ0) is 17.5. The van der Waals surface area contributed by atoms with Crippen LogP contribution in [-0.2, 0) is 11.2 Å². The molecule has 0 saturated heterocycles. The largest absolute Gasteiger partial charge is 0.441 e. The van der Waals surface area contributed by atoms with Crippen molar-refractivity contribution in [1.82, 2.24) is 10.3 Å². The van der Waals surface area contributed by atoms with Crippen molar-refractivity contribution in [3.63, 3.8) is 0 Å². The van der Waals surface area contributed by atoms with E-state index in [1.807, 2.05) is 6.92 Å². The summed E-state index contributed by atoms with van der Waals surface area (Å²) < 4.78 is 32.0. The molecule has 2 N–H and O–H groups in total. The summed E-state index contributed by atoms with van der Waals surface area (Å²) in [5.74, 6) is -1.08. The molecular formula is C17H20F2N2O3. The van der Waals surface area contributed by atoms with Gasteiger partial charge in [-0.1, -0.05) is 6.92 Å². The van der Waals surface area contributed by atoms with E-state index < -0.39 is 17.7 Å². The second-order valence-corrected chi connectivity index (χ2v) is 5.44. The van der Waals surface area contributed by atoms with Crippen molar-refractivity contribution >= 4 is 5.91 Å². The average molecular weight is 338 g/mol. The van der Waals surface area contributed by atoms with Crippen LogP contribution in [0.4, 0.5) is 8.78 Å². The van der Waals surface area contributed by atoms with Crippen molar-refractivity contribution in [3.05, 3.63) is 41.9 Å². The number of aryl methyl sites for hydroxylation is 1. The Kier molecular flexibility index (Phi) is 6.43. The number of aliphatic hydroxyl groups excluding tert-OH is 1. The summed E-state index contributed by atoms with van der Waals surface area (Å²) in [4.78, 5) is 15.7. The summed E-state index contributed by atoms with van der Waals surface area (Å²) in [6.07, 6.45) is 2.54. The van der Waals surface area contributed by atoms with Crippen LogP contribution in [0.25, 0.3) is 11.3 Å². The number of halogens is 2. The molecule has 0 aliphatic heterocycles. The van der Waals surface area contributed by atoms with Crippen molar-refractivity contribution in [2.45, 2.75) is 38.7 Å². The van der Waals surface area contributed by atoms with Crippen LogP contribution in [-0.4, -0.2) is 28.6 Å². The Morgan fingerprint density at radius 2 is 2.21 bits per heavy atom. The molecule has 24 heavy (non-hydrogen) atoms. The van der Waals surface area contributed by atoms with Crippen molar-refractivity contribution < 1.29 is 23.1 Å². The molecule has 0 radical (unpaired) electrons. The van der Waals surface area contributed by atoms with Gasteiger partial charge < -0.3 is 14.8 Å². The summed E-state index contributed by atoms with van der Waals surface area (Å²) in [6, 6.07) is 3.19. The van der Waals surface area contributed by atoms with E-state index in [1.54, 1.807) is 0 Å². The third-order valence-electron chi connectivity index (χ3n) is 3.59. The van der Waals surface area contributed by atoms with E-state index >= 15 is 0 Å². The smallest absolute Gasteiger partial charge is 0.220 e. The molecule has 0 fully saturated rings. The van der Waals surface area contributed by atoms with Gasteiger partial charge in [-0.05, 0) is 25.0 Å². The summed E-state index contributed by atoms with van der Waals surface area (Å²) in [6.45, 7) is 2.28. The summed E-state index contributed by atoms with van der Waals surface area (Å²) in [5.41, 5.74) is 0.119. The van der Waals surface area contributed by atoms with Gasteiger partial charge in [0.15, 0.2) is 11.7 Å². The van der Waals surface area contributed by atoms with Gasteiger partial charge in [-0.3, -0.25) is 4.79 Å². The van der Waals surface area contributed by atoms with E-state index in [9.17, 15) is 18.7 Å². The topological polar surface area (TPSA) is 75.4 Å². The average Bonchev–Trinajstić information content (AvgIpc) is 3.01. The molecule has 130 valence electrons. The Morgan fingerprint density at radius 1 is 1.42 bits per heavy atom. The predicted octanol–water partition coefficient (Wildman–Crippen LogP) is 2.83. The van der Waals surface area contributed by atoms with E-state index in [1.165, 1.54) is 12.3 Å². The number of rotatable bonds is 8. The van der Waals surface area contributed by atoms with Gasteiger partial charge in [-0.15, -0.1) is 0 Å². The predicted molar refractivity (Wildman–Crippen MR) is 84.1 cm³/mol. The molecule has 2 aromatic rings. The highest BCUT2D eigenvalue weighted by molar-refractivity contribution is 5.76. The first-order valence-electron chi connectivity index (χ1n) is 7.84. The van der Waals surface area contributed by atoms with E-state index in [2.05, 4.69) is 10.3 Å². The lowest BCUT2D eigenvalue weighted by Crippen LogP contribution is -2.27. The quantitative estimate of drug-likeness (QED) is 0.776. The zero-order valence-electron chi connectivity index (χ0n) is 13.4. The van der Waals surface area contributed by atoms with Crippen molar-refractivity contribution in [1.29, 1.82) is 0 Å². The normalized spacial score (nSPS) is 12.2. The molecule has 0 spiro atoms. The minimum absolute atomic E-state index is 0.119. The van der Waals surface area contributed by atoms with Gasteiger partial charge in [0.05, 0.1) is 17.9 Å². The van der Waals surface area contributed by atoms with Crippen LogP contribution in [0.1, 0.15) is 32.1 Å². The number of benzene rings is 1. The van der Waals surface area contributed by atoms with E-state index in [0.717, 1.165) is 12.1 Å². The molecule has 2 rings (SSSR count). The summed E-state index contributed by atoms with van der Waals surface area (Å²) in [5, 5.41) is 12.1. The van der Waals surface area contributed by atoms with Gasteiger partial charge in [0, 0.05) is 25.5 Å². The van der Waals surface area contributed by atoms with Crippen molar-refractivity contribution in [3.8, 4) is 11.3 Å². The van der Waals surface area contributed by atoms with Gasteiger partial charge in [0.25, 0.3) is 0 Å². The van der Waals surface area contributed by atoms with Crippen LogP contribution in [0.15, 0.2) is 28.8 Å². The fraction of sp³-hybridized carbons (Fsp3) is 0.412. The Morgan fingerprint density at radius 3 is 2.92 bits per heavy atom. The SMILES string of the molecule is CCC(O)CCNC(=O)CCc1ncc(-c2ccc(F)cc2F)o1. The minimum Gasteiger partial charge on any atom is -0.441 e. The third-order valence-corrected chi connectivity index (χ3v) is 3.59. The Bertz CT molecular complexity index is 688. The number of nitrogens with one attached hydrogen (secondary N) is 1. The molecule has 7 heteroatoms. The lowest BCUT2D eigenvalue weighted by atomic mass is 10.2. The molecule has 0 aliphatic rings. The monoisotopic (exact) mass is 338 g/mol. The van der Waals surface area contributed by atoms with Gasteiger partial charge in [-0.2, -0.15) is 0 Å². The highest BCUT2D eigenvalue weighted by Crippen LogP contribution is 2.24. The third kappa shape index (κ3) is 5.13. The summed E-state index contributed by atoms with van der Waals surface area (Å²) in [7, 11) is 0. The van der Waals surface area contributed by atoms with Gasteiger partial charge in [0.1, 0.15) is 11.6 Å². The van der Waals surface area contributed by atoms with Gasteiger partial charge in [-0.25, -0.2) is 13.8 Å². The maximum atomic E-state index is 13.7. The molecule has 1 aromatic heterocycles. The van der Waals surface area contributed by atoms with Gasteiger partial charge in [0.2, 0.25) is 5.91 Å². The number of amides is 1. The molecular weight excluding hydrogens is 318 g/mol. The number of carbonyl (C=O) groups excluding carboxylic acids is 1. The molecule has 0 aliphatic carbocycles. The molecule has 1 atom stereocenters. The van der Waals surface area contributed by atoms with Crippen LogP contribution in [0, 0.1) is 11.6 Å². The first-order valence-corrected chi connectivity index (χ1v) is 7.84. The molecule has 1 heterocycles. The van der Waals surface area contributed by atoms with E-state index in [-0.39, 0.29) is 30.1 Å². The van der Waals surface area contributed by atoms with Crippen LogP contribution >= 0.6 is 0 Å². The number of hydrogen-bond acceptors (Lipinski definition) is 4. The van der Waals surface area contributed by atoms with Crippen LogP contribution < -0.4 is 5.32 Å². The lowest BCUT2D eigenvalue weighted by molar-refractivity contribution is -0.121. The first kappa shape index (κ1) is 18.1. The lowest BCUT2D eigenvalue weighted by Gasteiger charge is -2.08. The van der Waals surface area contributed by atoms with Crippen LogP contribution in [0.3, 0.4) is 0 Å². The van der Waals surface area contributed by atoms with Gasteiger partial charge >= 0.3 is 0 Å². The number of nitrogens with zero attached hydrogens (tertiary/aromatic N) is 1. The van der Waals surface area contributed by atoms with Crippen LogP contribution in [0.2, 0.25) is 0 Å². The number of aliphatic hydroxyl groups is 1. The highest BCUT2D eigenvalue weighted by Gasteiger charge is 2.13. The van der Waals surface area contributed by atoms with E-state index in [4.69, 9.17) is 4.42 Å². The molecule has 1 aromatic carbocycles. The zero-order valence-corrected chi connectivity index (χ0v) is 13.4. The second-order valence-electron chi connectivity index (χ2n) is 5.44. The summed E-state index contributed by atoms with van der Waals surface area (Å²) >= 11 is 0. The minimum atomic E-state index is -0.732. The van der Waals surface area contributed by atoms with Crippen molar-refractivity contribution in [2.24, 2.45) is 0 Å². The number of carbonyl (C=O) groups is 1. The fourth-order valence-electron chi connectivity index (χ4n) is 2.13. The number of hydrogen-bond donors (Lipinski definition) is 2. The Hall–Kier alpha value is -2.28. The number of aromatic nitrogens is 1.